The zero-order chi connectivity index (χ0) is 15.2. The highest BCUT2D eigenvalue weighted by Crippen LogP contribution is 2.32. The Morgan fingerprint density at radius 3 is 2.71 bits per heavy atom. The van der Waals surface area contributed by atoms with E-state index in [2.05, 4.69) is 0 Å². The molecular formula is C15H18N2O2S2. The molecule has 1 aliphatic heterocycles. The van der Waals surface area contributed by atoms with Crippen LogP contribution in [0.2, 0.25) is 0 Å². The standard InChI is InChI=1S/C15H18N2O2S2/c1-10-8-15(11(2)20-10)21(18,19)17-7-6-12-4-3-5-14(16)13(12)9-17/h3-5,8H,6-7,9,16H2,1-2H3. The van der Waals surface area contributed by atoms with Crippen LogP contribution in [0.25, 0.3) is 0 Å². The molecule has 0 unspecified atom stereocenters. The summed E-state index contributed by atoms with van der Waals surface area (Å²) in [6.45, 7) is 4.66. The number of anilines is 1. The number of sulfonamides is 1. The number of benzene rings is 1. The zero-order valence-corrected chi connectivity index (χ0v) is 13.7. The predicted octanol–water partition coefficient (Wildman–Crippen LogP) is 2.69. The maximum atomic E-state index is 12.8. The van der Waals surface area contributed by atoms with E-state index in [0.29, 0.717) is 30.1 Å². The van der Waals surface area contributed by atoms with Crippen molar-refractivity contribution in [2.45, 2.75) is 31.7 Å². The summed E-state index contributed by atoms with van der Waals surface area (Å²) in [7, 11) is -3.44. The summed E-state index contributed by atoms with van der Waals surface area (Å²) in [5.41, 5.74) is 8.77. The van der Waals surface area contributed by atoms with Crippen molar-refractivity contribution in [1.82, 2.24) is 4.31 Å². The van der Waals surface area contributed by atoms with Gasteiger partial charge in [0.05, 0.1) is 4.90 Å². The lowest BCUT2D eigenvalue weighted by atomic mass is 10.00. The molecule has 1 aromatic carbocycles. The SMILES string of the molecule is Cc1cc(S(=O)(=O)N2CCc3cccc(N)c3C2)c(C)s1. The molecule has 0 atom stereocenters. The van der Waals surface area contributed by atoms with Crippen molar-refractivity contribution in [2.24, 2.45) is 0 Å². The summed E-state index contributed by atoms with van der Waals surface area (Å²) in [6.07, 6.45) is 0.710. The molecule has 6 heteroatoms. The summed E-state index contributed by atoms with van der Waals surface area (Å²) in [5.74, 6) is 0. The molecule has 2 aromatic rings. The molecule has 0 amide bonds. The molecule has 0 saturated heterocycles. The van der Waals surface area contributed by atoms with E-state index < -0.39 is 10.0 Å². The Labute approximate surface area is 129 Å². The van der Waals surface area contributed by atoms with Crippen LogP contribution in [0.5, 0.6) is 0 Å². The van der Waals surface area contributed by atoms with Crippen molar-refractivity contribution in [3.8, 4) is 0 Å². The van der Waals surface area contributed by atoms with Gasteiger partial charge in [0, 0.05) is 28.5 Å². The molecule has 0 aliphatic carbocycles. The molecule has 0 radical (unpaired) electrons. The Hall–Kier alpha value is -1.37. The molecule has 0 saturated carbocycles. The van der Waals surface area contributed by atoms with Gasteiger partial charge in [-0.25, -0.2) is 8.42 Å². The van der Waals surface area contributed by atoms with Gasteiger partial charge < -0.3 is 5.73 Å². The van der Waals surface area contributed by atoms with E-state index in [-0.39, 0.29) is 0 Å². The van der Waals surface area contributed by atoms with Crippen LogP contribution < -0.4 is 5.73 Å². The van der Waals surface area contributed by atoms with Gasteiger partial charge in [0.15, 0.2) is 0 Å². The van der Waals surface area contributed by atoms with E-state index in [1.807, 2.05) is 32.0 Å². The minimum Gasteiger partial charge on any atom is -0.398 e. The summed E-state index contributed by atoms with van der Waals surface area (Å²) in [4.78, 5) is 2.30. The Balaban J connectivity index is 1.99. The van der Waals surface area contributed by atoms with Gasteiger partial charge in [-0.15, -0.1) is 11.3 Å². The summed E-state index contributed by atoms with van der Waals surface area (Å²) < 4.78 is 27.2. The molecule has 2 heterocycles. The second kappa shape index (κ2) is 5.12. The van der Waals surface area contributed by atoms with Crippen LogP contribution in [0.15, 0.2) is 29.2 Å². The zero-order valence-electron chi connectivity index (χ0n) is 12.1. The average molecular weight is 322 g/mol. The van der Waals surface area contributed by atoms with Crippen LogP contribution >= 0.6 is 11.3 Å². The number of hydrogen-bond acceptors (Lipinski definition) is 4. The van der Waals surface area contributed by atoms with Crippen molar-refractivity contribution < 1.29 is 8.42 Å². The van der Waals surface area contributed by atoms with Gasteiger partial charge in [-0.05, 0) is 43.5 Å². The second-order valence-corrected chi connectivity index (χ2v) is 8.72. The fraction of sp³-hybridized carbons (Fsp3) is 0.333. The third-order valence-electron chi connectivity index (χ3n) is 3.89. The van der Waals surface area contributed by atoms with Crippen molar-refractivity contribution in [2.75, 3.05) is 12.3 Å². The van der Waals surface area contributed by atoms with E-state index in [0.717, 1.165) is 20.9 Å². The molecule has 0 spiro atoms. The highest BCUT2D eigenvalue weighted by atomic mass is 32.2. The first kappa shape index (κ1) is 14.6. The highest BCUT2D eigenvalue weighted by molar-refractivity contribution is 7.89. The topological polar surface area (TPSA) is 63.4 Å². The van der Waals surface area contributed by atoms with Crippen LogP contribution in [0.4, 0.5) is 5.69 Å². The lowest BCUT2D eigenvalue weighted by Gasteiger charge is -2.28. The first-order valence-corrected chi connectivity index (χ1v) is 9.08. The van der Waals surface area contributed by atoms with Crippen molar-refractivity contribution >= 4 is 27.0 Å². The average Bonchev–Trinajstić information content (AvgIpc) is 2.78. The van der Waals surface area contributed by atoms with E-state index in [1.165, 1.54) is 11.3 Å². The molecule has 21 heavy (non-hydrogen) atoms. The molecule has 3 rings (SSSR count). The summed E-state index contributed by atoms with van der Waals surface area (Å²) in [6, 6.07) is 7.54. The van der Waals surface area contributed by atoms with E-state index in [9.17, 15) is 8.42 Å². The fourth-order valence-corrected chi connectivity index (χ4v) is 5.72. The summed E-state index contributed by atoms with van der Waals surface area (Å²) >= 11 is 1.52. The van der Waals surface area contributed by atoms with Gasteiger partial charge >= 0.3 is 0 Å². The highest BCUT2D eigenvalue weighted by Gasteiger charge is 2.31. The number of rotatable bonds is 2. The van der Waals surface area contributed by atoms with Gasteiger partial charge in [-0.1, -0.05) is 12.1 Å². The van der Waals surface area contributed by atoms with Gasteiger partial charge in [-0.2, -0.15) is 4.31 Å². The van der Waals surface area contributed by atoms with Crippen LogP contribution in [-0.4, -0.2) is 19.3 Å². The van der Waals surface area contributed by atoms with Crippen molar-refractivity contribution in [3.63, 3.8) is 0 Å². The summed E-state index contributed by atoms with van der Waals surface area (Å²) in [5, 5.41) is 0. The maximum Gasteiger partial charge on any atom is 0.244 e. The number of thiophene rings is 1. The van der Waals surface area contributed by atoms with E-state index in [1.54, 1.807) is 10.4 Å². The third-order valence-corrected chi connectivity index (χ3v) is 6.95. The Kier molecular flexibility index (Phi) is 3.55. The first-order valence-electron chi connectivity index (χ1n) is 6.83. The van der Waals surface area contributed by atoms with Crippen molar-refractivity contribution in [1.29, 1.82) is 0 Å². The Morgan fingerprint density at radius 1 is 1.29 bits per heavy atom. The van der Waals surface area contributed by atoms with E-state index >= 15 is 0 Å². The molecule has 4 nitrogen and oxygen atoms in total. The molecule has 0 bridgehead atoms. The van der Waals surface area contributed by atoms with Gasteiger partial charge in [0.25, 0.3) is 0 Å². The molecular weight excluding hydrogens is 304 g/mol. The van der Waals surface area contributed by atoms with Gasteiger partial charge in [0.2, 0.25) is 10.0 Å². The molecule has 112 valence electrons. The van der Waals surface area contributed by atoms with Gasteiger partial charge in [0.1, 0.15) is 0 Å². The molecule has 0 fully saturated rings. The lowest BCUT2D eigenvalue weighted by molar-refractivity contribution is 0.392. The Morgan fingerprint density at radius 2 is 2.05 bits per heavy atom. The molecule has 2 N–H and O–H groups in total. The van der Waals surface area contributed by atoms with Crippen LogP contribution in [0.1, 0.15) is 20.9 Å². The van der Waals surface area contributed by atoms with Crippen molar-refractivity contribution in [3.05, 3.63) is 45.1 Å². The quantitative estimate of drug-likeness (QED) is 0.865. The number of aryl methyl sites for hydroxylation is 2. The predicted molar refractivity (Wildman–Crippen MR) is 85.9 cm³/mol. The minimum atomic E-state index is -3.44. The van der Waals surface area contributed by atoms with Crippen LogP contribution in [-0.2, 0) is 23.0 Å². The third kappa shape index (κ3) is 2.47. The maximum absolute atomic E-state index is 12.8. The molecule has 1 aromatic heterocycles. The molecule has 1 aliphatic rings. The monoisotopic (exact) mass is 322 g/mol. The number of nitrogens with zero attached hydrogens (tertiary/aromatic N) is 1. The smallest absolute Gasteiger partial charge is 0.244 e. The lowest BCUT2D eigenvalue weighted by Crippen LogP contribution is -2.36. The Bertz CT molecular complexity index is 794. The number of hydrogen-bond donors (Lipinski definition) is 1. The largest absolute Gasteiger partial charge is 0.398 e. The van der Waals surface area contributed by atoms with Crippen LogP contribution in [0.3, 0.4) is 0 Å². The van der Waals surface area contributed by atoms with Gasteiger partial charge in [-0.3, -0.25) is 0 Å². The number of nitrogen functional groups attached to an aromatic ring is 1. The first-order chi connectivity index (χ1) is 9.89. The minimum absolute atomic E-state index is 0.360. The number of fused-ring (bicyclic) bond motifs is 1. The fourth-order valence-electron chi connectivity index (χ4n) is 2.79. The van der Waals surface area contributed by atoms with E-state index in [4.69, 9.17) is 5.73 Å². The normalized spacial score (nSPS) is 15.9. The number of nitrogens with two attached hydrogens (primary N) is 1. The van der Waals surface area contributed by atoms with Crippen LogP contribution in [0, 0.1) is 13.8 Å². The second-order valence-electron chi connectivity index (χ2n) is 5.35.